The lowest BCUT2D eigenvalue weighted by Gasteiger charge is -2.07. The van der Waals surface area contributed by atoms with Gasteiger partial charge in [0.15, 0.2) is 5.78 Å². The van der Waals surface area contributed by atoms with E-state index in [2.05, 4.69) is 0 Å². The maximum absolute atomic E-state index is 11.8. The fraction of sp³-hybridized carbons (Fsp3) is 0.188. The molecule has 0 saturated carbocycles. The molecule has 2 aromatic carbocycles. The smallest absolute Gasteiger partial charge is 0.165 e. The quantitative estimate of drug-likeness (QED) is 0.840. The third-order valence-corrected chi connectivity index (χ3v) is 2.74. The van der Waals surface area contributed by atoms with Crippen molar-refractivity contribution in [1.82, 2.24) is 0 Å². The van der Waals surface area contributed by atoms with Gasteiger partial charge in [0, 0.05) is 11.5 Å². The fourth-order valence-electron chi connectivity index (χ4n) is 1.67. The van der Waals surface area contributed by atoms with Crippen molar-refractivity contribution < 1.29 is 14.6 Å². The molecule has 0 heterocycles. The molecule has 98 valence electrons. The Bertz CT molecular complexity index is 554. The minimum atomic E-state index is -0.0103. The second kappa shape index (κ2) is 5.57. The van der Waals surface area contributed by atoms with Gasteiger partial charge < -0.3 is 9.84 Å². The topological polar surface area (TPSA) is 46.5 Å². The van der Waals surface area contributed by atoms with Gasteiger partial charge in [0.1, 0.15) is 17.2 Å². The number of hydrogen-bond acceptors (Lipinski definition) is 3. The van der Waals surface area contributed by atoms with E-state index < -0.39 is 0 Å². The minimum absolute atomic E-state index is 0.0103. The average Bonchev–Trinajstić information content (AvgIpc) is 2.41. The van der Waals surface area contributed by atoms with Crippen LogP contribution in [0.25, 0.3) is 0 Å². The summed E-state index contributed by atoms with van der Waals surface area (Å²) in [5.74, 6) is 1.61. The Morgan fingerprint density at radius 2 is 1.42 bits per heavy atom. The Labute approximate surface area is 112 Å². The fourth-order valence-corrected chi connectivity index (χ4v) is 1.67. The van der Waals surface area contributed by atoms with Crippen molar-refractivity contribution in [3.63, 3.8) is 0 Å². The number of hydrogen-bond donors (Lipinski definition) is 1. The zero-order valence-electron chi connectivity index (χ0n) is 11.0. The lowest BCUT2D eigenvalue weighted by Crippen LogP contribution is -2.06. The van der Waals surface area contributed by atoms with Crippen LogP contribution in [0.2, 0.25) is 0 Å². The van der Waals surface area contributed by atoms with Crippen molar-refractivity contribution in [2.75, 3.05) is 0 Å². The number of ether oxygens (including phenoxy) is 1. The number of rotatable bonds is 4. The molecule has 0 aromatic heterocycles. The first-order valence-electron chi connectivity index (χ1n) is 6.17. The van der Waals surface area contributed by atoms with Crippen LogP contribution in [0.5, 0.6) is 17.2 Å². The maximum Gasteiger partial charge on any atom is 0.165 e. The van der Waals surface area contributed by atoms with Crippen LogP contribution < -0.4 is 4.74 Å². The number of ketones is 1. The molecule has 2 rings (SSSR count). The standard InChI is InChI=1S/C16H16O3/c1-11(2)16(18)12-3-7-14(8-4-12)19-15-9-5-13(17)6-10-15/h3-11,17H,1-2H3. The highest BCUT2D eigenvalue weighted by atomic mass is 16.5. The Morgan fingerprint density at radius 1 is 0.947 bits per heavy atom. The monoisotopic (exact) mass is 256 g/mol. The van der Waals surface area contributed by atoms with E-state index in [4.69, 9.17) is 4.74 Å². The molecule has 0 fully saturated rings. The molecule has 0 amide bonds. The number of phenolic OH excluding ortho intramolecular Hbond substituents is 1. The van der Waals surface area contributed by atoms with Gasteiger partial charge in [0.25, 0.3) is 0 Å². The zero-order chi connectivity index (χ0) is 13.8. The molecule has 3 nitrogen and oxygen atoms in total. The molecule has 0 saturated heterocycles. The molecular weight excluding hydrogens is 240 g/mol. The predicted octanol–water partition coefficient (Wildman–Crippen LogP) is 4.02. The van der Waals surface area contributed by atoms with Crippen LogP contribution in [-0.4, -0.2) is 10.9 Å². The molecular formula is C16H16O3. The second-order valence-corrected chi connectivity index (χ2v) is 4.64. The molecule has 0 aliphatic rings. The summed E-state index contributed by atoms with van der Waals surface area (Å²) in [6.45, 7) is 3.76. The second-order valence-electron chi connectivity index (χ2n) is 4.64. The van der Waals surface area contributed by atoms with Crippen LogP contribution in [0.3, 0.4) is 0 Å². The predicted molar refractivity (Wildman–Crippen MR) is 73.8 cm³/mol. The van der Waals surface area contributed by atoms with Crippen LogP contribution in [0.15, 0.2) is 48.5 Å². The molecule has 3 heteroatoms. The van der Waals surface area contributed by atoms with Crippen molar-refractivity contribution in [2.45, 2.75) is 13.8 Å². The number of aromatic hydroxyl groups is 1. The van der Waals surface area contributed by atoms with Crippen LogP contribution in [0.1, 0.15) is 24.2 Å². The Hall–Kier alpha value is -2.29. The van der Waals surface area contributed by atoms with Crippen LogP contribution in [0.4, 0.5) is 0 Å². The SMILES string of the molecule is CC(C)C(=O)c1ccc(Oc2ccc(O)cc2)cc1. The largest absolute Gasteiger partial charge is 0.508 e. The van der Waals surface area contributed by atoms with Gasteiger partial charge in [-0.3, -0.25) is 4.79 Å². The molecule has 0 atom stereocenters. The molecule has 0 bridgehead atoms. The summed E-state index contributed by atoms with van der Waals surface area (Å²) in [5.41, 5.74) is 0.688. The van der Waals surface area contributed by atoms with E-state index in [1.54, 1.807) is 48.5 Å². The number of carbonyl (C=O) groups excluding carboxylic acids is 1. The van der Waals surface area contributed by atoms with Gasteiger partial charge in [-0.2, -0.15) is 0 Å². The van der Waals surface area contributed by atoms with Crippen molar-refractivity contribution in [1.29, 1.82) is 0 Å². The van der Waals surface area contributed by atoms with E-state index in [1.807, 2.05) is 13.8 Å². The normalized spacial score (nSPS) is 10.5. The molecule has 0 aliphatic carbocycles. The lowest BCUT2D eigenvalue weighted by atomic mass is 10.0. The summed E-state index contributed by atoms with van der Waals surface area (Å²) in [6, 6.07) is 13.5. The minimum Gasteiger partial charge on any atom is -0.508 e. The maximum atomic E-state index is 11.8. The van der Waals surface area contributed by atoms with E-state index in [0.29, 0.717) is 17.1 Å². The number of benzene rings is 2. The van der Waals surface area contributed by atoms with Crippen LogP contribution in [-0.2, 0) is 0 Å². The van der Waals surface area contributed by atoms with Crippen molar-refractivity contribution in [3.8, 4) is 17.2 Å². The van der Waals surface area contributed by atoms with Gasteiger partial charge in [-0.25, -0.2) is 0 Å². The highest BCUT2D eigenvalue weighted by Gasteiger charge is 2.10. The molecule has 2 aromatic rings. The summed E-state index contributed by atoms with van der Waals surface area (Å²) < 4.78 is 5.61. The summed E-state index contributed by atoms with van der Waals surface area (Å²) in [4.78, 5) is 11.8. The van der Waals surface area contributed by atoms with Gasteiger partial charge in [-0.1, -0.05) is 13.8 Å². The van der Waals surface area contributed by atoms with Crippen molar-refractivity contribution in [3.05, 3.63) is 54.1 Å². The number of carbonyl (C=O) groups is 1. The summed E-state index contributed by atoms with van der Waals surface area (Å²) in [7, 11) is 0. The average molecular weight is 256 g/mol. The van der Waals surface area contributed by atoms with Crippen LogP contribution in [0, 0.1) is 5.92 Å². The first-order valence-corrected chi connectivity index (χ1v) is 6.17. The molecule has 1 N–H and O–H groups in total. The Kier molecular flexibility index (Phi) is 3.85. The third-order valence-electron chi connectivity index (χ3n) is 2.74. The Balaban J connectivity index is 2.10. The highest BCUT2D eigenvalue weighted by molar-refractivity contribution is 5.97. The molecule has 0 aliphatic heterocycles. The summed E-state index contributed by atoms with van der Waals surface area (Å²) >= 11 is 0. The number of Topliss-reactive ketones (excluding diaryl/α,β-unsaturated/α-hetero) is 1. The molecule has 0 unspecified atom stereocenters. The summed E-state index contributed by atoms with van der Waals surface area (Å²) in [5, 5.41) is 9.18. The molecule has 0 radical (unpaired) electrons. The van der Waals surface area contributed by atoms with Crippen molar-refractivity contribution in [2.24, 2.45) is 5.92 Å². The van der Waals surface area contributed by atoms with Gasteiger partial charge in [0.05, 0.1) is 0 Å². The van der Waals surface area contributed by atoms with Gasteiger partial charge in [-0.15, -0.1) is 0 Å². The first-order chi connectivity index (χ1) is 9.06. The Morgan fingerprint density at radius 3 is 1.89 bits per heavy atom. The molecule has 0 spiro atoms. The number of phenols is 1. The van der Waals surface area contributed by atoms with Crippen LogP contribution >= 0.6 is 0 Å². The zero-order valence-corrected chi connectivity index (χ0v) is 11.0. The van der Waals surface area contributed by atoms with Gasteiger partial charge in [-0.05, 0) is 48.5 Å². The van der Waals surface area contributed by atoms with E-state index in [0.717, 1.165) is 0 Å². The van der Waals surface area contributed by atoms with Gasteiger partial charge in [0.2, 0.25) is 0 Å². The van der Waals surface area contributed by atoms with E-state index in [1.165, 1.54) is 0 Å². The first kappa shape index (κ1) is 13.1. The summed E-state index contributed by atoms with van der Waals surface area (Å²) in [6.07, 6.45) is 0. The third kappa shape index (κ3) is 3.35. The highest BCUT2D eigenvalue weighted by Crippen LogP contribution is 2.24. The molecule has 19 heavy (non-hydrogen) atoms. The van der Waals surface area contributed by atoms with E-state index in [-0.39, 0.29) is 17.5 Å². The van der Waals surface area contributed by atoms with E-state index >= 15 is 0 Å². The van der Waals surface area contributed by atoms with Crippen molar-refractivity contribution >= 4 is 5.78 Å². The van der Waals surface area contributed by atoms with E-state index in [9.17, 15) is 9.90 Å². The lowest BCUT2D eigenvalue weighted by molar-refractivity contribution is 0.0939. The van der Waals surface area contributed by atoms with Gasteiger partial charge >= 0.3 is 0 Å².